The van der Waals surface area contributed by atoms with Gasteiger partial charge in [0.25, 0.3) is 0 Å². The molecule has 3 rings (SSSR count). The predicted molar refractivity (Wildman–Crippen MR) is 80.8 cm³/mol. The number of thiophene rings is 1. The van der Waals surface area contributed by atoms with Crippen LogP contribution in [0.4, 0.5) is 0 Å². The molecule has 1 aliphatic rings. The van der Waals surface area contributed by atoms with Crippen molar-refractivity contribution in [2.75, 3.05) is 0 Å². The van der Waals surface area contributed by atoms with Gasteiger partial charge in [-0.2, -0.15) is 0 Å². The number of rotatable bonds is 4. The van der Waals surface area contributed by atoms with Crippen LogP contribution in [0.2, 0.25) is 0 Å². The summed E-state index contributed by atoms with van der Waals surface area (Å²) < 4.78 is 2.05. The van der Waals surface area contributed by atoms with E-state index in [2.05, 4.69) is 27.8 Å². The highest BCUT2D eigenvalue weighted by Crippen LogP contribution is 2.28. The van der Waals surface area contributed by atoms with Crippen molar-refractivity contribution in [1.82, 2.24) is 14.9 Å². The van der Waals surface area contributed by atoms with E-state index in [1.807, 2.05) is 24.0 Å². The van der Waals surface area contributed by atoms with Crippen LogP contribution in [-0.4, -0.2) is 26.8 Å². The summed E-state index contributed by atoms with van der Waals surface area (Å²) in [5, 5.41) is 15.9. The number of hydrogen-bond donors (Lipinski definition) is 2. The second-order valence-electron chi connectivity index (χ2n) is 5.47. The molecule has 108 valence electrons. The van der Waals surface area contributed by atoms with E-state index >= 15 is 0 Å². The second kappa shape index (κ2) is 6.08. The minimum atomic E-state index is -0.244. The van der Waals surface area contributed by atoms with Gasteiger partial charge in [-0.25, -0.2) is 4.98 Å². The molecule has 2 N–H and O–H groups in total. The highest BCUT2D eigenvalue weighted by molar-refractivity contribution is 7.10. The molecular weight excluding hydrogens is 270 g/mol. The Labute approximate surface area is 123 Å². The van der Waals surface area contributed by atoms with E-state index in [1.54, 1.807) is 11.3 Å². The zero-order valence-electron chi connectivity index (χ0n) is 11.7. The maximum Gasteiger partial charge on any atom is 0.131 e. The van der Waals surface area contributed by atoms with E-state index < -0.39 is 0 Å². The molecule has 0 saturated heterocycles. The SMILES string of the molecule is Cn1ccnc1C(NC1CCCCC1O)c1cccs1. The molecule has 0 aromatic carbocycles. The van der Waals surface area contributed by atoms with Crippen LogP contribution in [0.1, 0.15) is 42.4 Å². The molecule has 1 fully saturated rings. The summed E-state index contributed by atoms with van der Waals surface area (Å²) in [5.74, 6) is 1.00. The Balaban J connectivity index is 1.85. The van der Waals surface area contributed by atoms with Crippen LogP contribution < -0.4 is 5.32 Å². The lowest BCUT2D eigenvalue weighted by atomic mass is 9.92. The third-order valence-electron chi connectivity index (χ3n) is 4.05. The first-order valence-electron chi connectivity index (χ1n) is 7.20. The van der Waals surface area contributed by atoms with E-state index in [1.165, 1.54) is 11.3 Å². The third-order valence-corrected chi connectivity index (χ3v) is 4.99. The zero-order valence-corrected chi connectivity index (χ0v) is 12.5. The number of aliphatic hydroxyl groups excluding tert-OH is 1. The quantitative estimate of drug-likeness (QED) is 0.910. The molecule has 0 aliphatic heterocycles. The number of nitrogens with zero attached hydrogens (tertiary/aromatic N) is 2. The number of aromatic nitrogens is 2. The van der Waals surface area contributed by atoms with Crippen LogP contribution in [-0.2, 0) is 7.05 Å². The Bertz CT molecular complexity index is 537. The van der Waals surface area contributed by atoms with Crippen LogP contribution in [0.15, 0.2) is 29.9 Å². The van der Waals surface area contributed by atoms with E-state index in [0.29, 0.717) is 0 Å². The van der Waals surface area contributed by atoms with Crippen LogP contribution in [0.3, 0.4) is 0 Å². The molecule has 0 bridgehead atoms. The Morgan fingerprint density at radius 3 is 2.95 bits per heavy atom. The first-order chi connectivity index (χ1) is 9.75. The third kappa shape index (κ3) is 2.80. The monoisotopic (exact) mass is 291 g/mol. The second-order valence-corrected chi connectivity index (χ2v) is 6.45. The number of aryl methyl sites for hydroxylation is 1. The van der Waals surface area contributed by atoms with Gasteiger partial charge in [0.2, 0.25) is 0 Å². The Kier molecular flexibility index (Phi) is 4.19. The van der Waals surface area contributed by atoms with Gasteiger partial charge >= 0.3 is 0 Å². The van der Waals surface area contributed by atoms with Gasteiger partial charge in [-0.15, -0.1) is 11.3 Å². The average molecular weight is 291 g/mol. The predicted octanol–water partition coefficient (Wildman–Crippen LogP) is 2.46. The molecule has 0 spiro atoms. The average Bonchev–Trinajstić information content (AvgIpc) is 3.10. The summed E-state index contributed by atoms with van der Waals surface area (Å²) in [6, 6.07) is 4.42. The highest BCUT2D eigenvalue weighted by Gasteiger charge is 2.28. The summed E-state index contributed by atoms with van der Waals surface area (Å²) in [7, 11) is 2.02. The maximum absolute atomic E-state index is 10.2. The van der Waals surface area contributed by atoms with Crippen molar-refractivity contribution >= 4 is 11.3 Å². The van der Waals surface area contributed by atoms with E-state index in [9.17, 15) is 5.11 Å². The Morgan fingerprint density at radius 1 is 1.45 bits per heavy atom. The lowest BCUT2D eigenvalue weighted by Gasteiger charge is -2.31. The standard InChI is InChI=1S/C15H21N3OS/c1-18-9-8-16-15(18)14(13-7-4-10-20-13)17-11-5-2-3-6-12(11)19/h4,7-12,14,17,19H,2-3,5-6H2,1H3. The smallest absolute Gasteiger partial charge is 0.131 e. The van der Waals surface area contributed by atoms with Gasteiger partial charge in [0.05, 0.1) is 6.10 Å². The molecule has 5 heteroatoms. The van der Waals surface area contributed by atoms with E-state index in [0.717, 1.165) is 25.1 Å². The molecule has 3 atom stereocenters. The van der Waals surface area contributed by atoms with Crippen LogP contribution in [0.25, 0.3) is 0 Å². The minimum Gasteiger partial charge on any atom is -0.392 e. The Hall–Kier alpha value is -1.17. The molecule has 2 aromatic rings. The lowest BCUT2D eigenvalue weighted by molar-refractivity contribution is 0.0868. The molecule has 2 aromatic heterocycles. The summed E-state index contributed by atoms with van der Waals surface area (Å²) in [5.41, 5.74) is 0. The molecule has 2 heterocycles. The van der Waals surface area contributed by atoms with E-state index in [4.69, 9.17) is 0 Å². The summed E-state index contributed by atoms with van der Waals surface area (Å²) in [4.78, 5) is 5.74. The molecule has 1 saturated carbocycles. The number of hydrogen-bond acceptors (Lipinski definition) is 4. The zero-order chi connectivity index (χ0) is 13.9. The van der Waals surface area contributed by atoms with Gasteiger partial charge in [-0.05, 0) is 24.3 Å². The normalized spacial score (nSPS) is 24.7. The highest BCUT2D eigenvalue weighted by atomic mass is 32.1. The summed E-state index contributed by atoms with van der Waals surface area (Å²) in [6.07, 6.45) is 7.80. The molecule has 20 heavy (non-hydrogen) atoms. The summed E-state index contributed by atoms with van der Waals surface area (Å²) >= 11 is 1.73. The molecule has 1 aliphatic carbocycles. The van der Waals surface area contributed by atoms with Gasteiger partial charge in [0, 0.05) is 30.4 Å². The van der Waals surface area contributed by atoms with Crippen LogP contribution in [0.5, 0.6) is 0 Å². The Morgan fingerprint density at radius 2 is 2.30 bits per heavy atom. The number of aliphatic hydroxyl groups is 1. The number of nitrogens with one attached hydrogen (secondary N) is 1. The fourth-order valence-electron chi connectivity index (χ4n) is 2.91. The van der Waals surface area contributed by atoms with Crippen LogP contribution >= 0.6 is 11.3 Å². The van der Waals surface area contributed by atoms with Crippen molar-refractivity contribution in [2.24, 2.45) is 7.05 Å². The van der Waals surface area contributed by atoms with Gasteiger partial charge < -0.3 is 9.67 Å². The van der Waals surface area contributed by atoms with Crippen molar-refractivity contribution in [1.29, 1.82) is 0 Å². The molecule has 0 radical (unpaired) electrons. The lowest BCUT2D eigenvalue weighted by Crippen LogP contribution is -2.44. The molecule has 3 unspecified atom stereocenters. The van der Waals surface area contributed by atoms with Crippen molar-refractivity contribution in [3.8, 4) is 0 Å². The minimum absolute atomic E-state index is 0.0627. The van der Waals surface area contributed by atoms with Crippen molar-refractivity contribution in [3.63, 3.8) is 0 Å². The maximum atomic E-state index is 10.2. The van der Waals surface area contributed by atoms with Gasteiger partial charge in [0.1, 0.15) is 11.9 Å². The fourth-order valence-corrected chi connectivity index (χ4v) is 3.70. The van der Waals surface area contributed by atoms with Crippen LogP contribution in [0, 0.1) is 0 Å². The fraction of sp³-hybridized carbons (Fsp3) is 0.533. The molecule has 0 amide bonds. The first-order valence-corrected chi connectivity index (χ1v) is 8.08. The van der Waals surface area contributed by atoms with E-state index in [-0.39, 0.29) is 18.2 Å². The van der Waals surface area contributed by atoms with Crippen molar-refractivity contribution < 1.29 is 5.11 Å². The molecular formula is C15H21N3OS. The first kappa shape index (κ1) is 13.8. The van der Waals surface area contributed by atoms with Gasteiger partial charge in [-0.3, -0.25) is 5.32 Å². The van der Waals surface area contributed by atoms with Gasteiger partial charge in [0.15, 0.2) is 0 Å². The van der Waals surface area contributed by atoms with Gasteiger partial charge in [-0.1, -0.05) is 18.9 Å². The van der Waals surface area contributed by atoms with Crippen molar-refractivity contribution in [3.05, 3.63) is 40.6 Å². The largest absolute Gasteiger partial charge is 0.392 e. The summed E-state index contributed by atoms with van der Waals surface area (Å²) in [6.45, 7) is 0. The molecule has 4 nitrogen and oxygen atoms in total. The number of imidazole rings is 1. The topological polar surface area (TPSA) is 50.1 Å². The van der Waals surface area contributed by atoms with Crippen molar-refractivity contribution in [2.45, 2.75) is 43.9 Å².